The lowest BCUT2D eigenvalue weighted by atomic mass is 10.1. The molecule has 0 spiro atoms. The molecule has 0 radical (unpaired) electrons. The van der Waals surface area contributed by atoms with Gasteiger partial charge in [0.05, 0.1) is 11.3 Å². The minimum absolute atomic E-state index is 0.285. The van der Waals surface area contributed by atoms with E-state index in [4.69, 9.17) is 0 Å². The molecule has 1 aromatic rings. The van der Waals surface area contributed by atoms with E-state index in [1.54, 1.807) is 30.3 Å². The number of rotatable bonds is 8. The van der Waals surface area contributed by atoms with Crippen LogP contribution in [-0.4, -0.2) is 56.4 Å². The number of carbonyl (C=O) groups is 3. The topological polar surface area (TPSA) is 90.5 Å². The van der Waals surface area contributed by atoms with Crippen LogP contribution in [0.2, 0.25) is 0 Å². The lowest BCUT2D eigenvalue weighted by Crippen LogP contribution is -2.37. The third kappa shape index (κ3) is 6.62. The van der Waals surface area contributed by atoms with Crippen molar-refractivity contribution >= 4 is 23.4 Å². The molecule has 3 N–H and O–H groups in total. The van der Waals surface area contributed by atoms with Gasteiger partial charge in [0, 0.05) is 13.1 Å². The van der Waals surface area contributed by atoms with E-state index in [9.17, 15) is 14.4 Å². The van der Waals surface area contributed by atoms with Gasteiger partial charge in [-0.05, 0) is 39.2 Å². The van der Waals surface area contributed by atoms with Crippen LogP contribution in [0.5, 0.6) is 0 Å². The van der Waals surface area contributed by atoms with E-state index < -0.39 is 11.8 Å². The molecule has 0 aliphatic rings. The standard InChI is InChI=1S/C17H24N4O3/c1-4-10-18-15(22)13-8-5-6-9-14(13)20-17(24)16(23)19-11-7-12-21(2)3/h4-6,8-9H,1,7,10-12H2,2-3H3,(H,18,22)(H,19,23)(H,20,24). The van der Waals surface area contributed by atoms with E-state index in [1.165, 1.54) is 0 Å². The molecule has 0 fully saturated rings. The molecule has 0 aliphatic heterocycles. The van der Waals surface area contributed by atoms with Crippen molar-refractivity contribution in [3.05, 3.63) is 42.5 Å². The zero-order valence-corrected chi connectivity index (χ0v) is 14.1. The lowest BCUT2D eigenvalue weighted by Gasteiger charge is -2.12. The summed E-state index contributed by atoms with van der Waals surface area (Å²) in [6, 6.07) is 6.50. The molecule has 0 bridgehead atoms. The fourth-order valence-electron chi connectivity index (χ4n) is 1.91. The summed E-state index contributed by atoms with van der Waals surface area (Å²) in [5, 5.41) is 7.65. The van der Waals surface area contributed by atoms with Gasteiger partial charge in [-0.25, -0.2) is 0 Å². The van der Waals surface area contributed by atoms with Crippen molar-refractivity contribution in [2.45, 2.75) is 6.42 Å². The number of anilines is 1. The van der Waals surface area contributed by atoms with Gasteiger partial charge < -0.3 is 20.9 Å². The van der Waals surface area contributed by atoms with Gasteiger partial charge in [0.2, 0.25) is 0 Å². The first kappa shape index (κ1) is 19.4. The monoisotopic (exact) mass is 332 g/mol. The summed E-state index contributed by atoms with van der Waals surface area (Å²) in [5.74, 6) is -1.88. The van der Waals surface area contributed by atoms with Crippen molar-refractivity contribution in [3.8, 4) is 0 Å². The number of para-hydroxylation sites is 1. The van der Waals surface area contributed by atoms with E-state index in [1.807, 2.05) is 19.0 Å². The van der Waals surface area contributed by atoms with Gasteiger partial charge in [-0.1, -0.05) is 18.2 Å². The van der Waals surface area contributed by atoms with Crippen molar-refractivity contribution in [2.24, 2.45) is 0 Å². The highest BCUT2D eigenvalue weighted by atomic mass is 16.2. The summed E-state index contributed by atoms with van der Waals surface area (Å²) >= 11 is 0. The quantitative estimate of drug-likeness (QED) is 0.370. The minimum atomic E-state index is -0.802. The van der Waals surface area contributed by atoms with Crippen LogP contribution >= 0.6 is 0 Å². The molecule has 130 valence electrons. The van der Waals surface area contributed by atoms with Crippen molar-refractivity contribution in [2.75, 3.05) is 39.0 Å². The van der Waals surface area contributed by atoms with Gasteiger partial charge in [0.1, 0.15) is 0 Å². The Labute approximate surface area is 142 Å². The van der Waals surface area contributed by atoms with E-state index in [-0.39, 0.29) is 17.2 Å². The highest BCUT2D eigenvalue weighted by Gasteiger charge is 2.17. The van der Waals surface area contributed by atoms with E-state index in [0.717, 1.165) is 13.0 Å². The smallest absolute Gasteiger partial charge is 0.313 e. The maximum absolute atomic E-state index is 12.0. The maximum Gasteiger partial charge on any atom is 0.313 e. The van der Waals surface area contributed by atoms with Gasteiger partial charge in [-0.3, -0.25) is 14.4 Å². The highest BCUT2D eigenvalue weighted by molar-refractivity contribution is 6.40. The molecule has 0 aliphatic carbocycles. The normalized spacial score (nSPS) is 10.1. The van der Waals surface area contributed by atoms with Crippen LogP contribution in [0, 0.1) is 0 Å². The summed E-state index contributed by atoms with van der Waals surface area (Å²) < 4.78 is 0. The Kier molecular flexibility index (Phi) is 8.21. The molecule has 1 aromatic carbocycles. The third-order valence-electron chi connectivity index (χ3n) is 3.10. The number of nitrogens with one attached hydrogen (secondary N) is 3. The molecule has 1 rings (SSSR count). The molecule has 7 nitrogen and oxygen atoms in total. The summed E-state index contributed by atoms with van der Waals surface area (Å²) in [7, 11) is 3.87. The Morgan fingerprint density at radius 1 is 1.12 bits per heavy atom. The SMILES string of the molecule is C=CCNC(=O)c1ccccc1NC(=O)C(=O)NCCCN(C)C. The molecule has 0 atom stereocenters. The molecule has 7 heteroatoms. The minimum Gasteiger partial charge on any atom is -0.349 e. The molecule has 0 saturated heterocycles. The van der Waals surface area contributed by atoms with Crippen LogP contribution in [0.15, 0.2) is 36.9 Å². The number of hydrogen-bond acceptors (Lipinski definition) is 4. The van der Waals surface area contributed by atoms with Crippen LogP contribution in [0.25, 0.3) is 0 Å². The van der Waals surface area contributed by atoms with Crippen LogP contribution in [0.4, 0.5) is 5.69 Å². The average molecular weight is 332 g/mol. The molecular weight excluding hydrogens is 308 g/mol. The van der Waals surface area contributed by atoms with Crippen LogP contribution in [-0.2, 0) is 9.59 Å². The second-order valence-corrected chi connectivity index (χ2v) is 5.41. The highest BCUT2D eigenvalue weighted by Crippen LogP contribution is 2.14. The Morgan fingerprint density at radius 2 is 1.83 bits per heavy atom. The van der Waals surface area contributed by atoms with E-state index in [2.05, 4.69) is 22.5 Å². The van der Waals surface area contributed by atoms with E-state index in [0.29, 0.717) is 13.1 Å². The summed E-state index contributed by atoms with van der Waals surface area (Å²) in [5.41, 5.74) is 0.570. The number of amides is 3. The van der Waals surface area contributed by atoms with Crippen molar-refractivity contribution in [3.63, 3.8) is 0 Å². The average Bonchev–Trinajstić information content (AvgIpc) is 2.56. The predicted molar refractivity (Wildman–Crippen MR) is 93.8 cm³/mol. The van der Waals surface area contributed by atoms with Crippen molar-refractivity contribution < 1.29 is 14.4 Å². The molecule has 24 heavy (non-hydrogen) atoms. The first-order valence-corrected chi connectivity index (χ1v) is 7.67. The zero-order valence-electron chi connectivity index (χ0n) is 14.1. The number of carbonyl (C=O) groups excluding carboxylic acids is 3. The Morgan fingerprint density at radius 3 is 2.50 bits per heavy atom. The molecular formula is C17H24N4O3. The second-order valence-electron chi connectivity index (χ2n) is 5.41. The molecule has 3 amide bonds. The Balaban J connectivity index is 2.61. The number of benzene rings is 1. The Bertz CT molecular complexity index is 599. The Hall–Kier alpha value is -2.67. The fourth-order valence-corrected chi connectivity index (χ4v) is 1.91. The molecule has 0 heterocycles. The van der Waals surface area contributed by atoms with Gasteiger partial charge >= 0.3 is 11.8 Å². The third-order valence-corrected chi connectivity index (χ3v) is 3.10. The van der Waals surface area contributed by atoms with Gasteiger partial charge in [0.15, 0.2) is 0 Å². The first-order valence-electron chi connectivity index (χ1n) is 7.67. The first-order chi connectivity index (χ1) is 11.5. The van der Waals surface area contributed by atoms with Crippen LogP contribution in [0.1, 0.15) is 16.8 Å². The number of nitrogens with zero attached hydrogens (tertiary/aromatic N) is 1. The fraction of sp³-hybridized carbons (Fsp3) is 0.353. The summed E-state index contributed by atoms with van der Waals surface area (Å²) in [6.45, 7) is 5.06. The number of hydrogen-bond donors (Lipinski definition) is 3. The van der Waals surface area contributed by atoms with Crippen LogP contribution in [0.3, 0.4) is 0 Å². The molecule has 0 unspecified atom stereocenters. The van der Waals surface area contributed by atoms with Crippen LogP contribution < -0.4 is 16.0 Å². The maximum atomic E-state index is 12.0. The van der Waals surface area contributed by atoms with Gasteiger partial charge in [-0.15, -0.1) is 6.58 Å². The zero-order chi connectivity index (χ0) is 17.9. The van der Waals surface area contributed by atoms with Crippen molar-refractivity contribution in [1.82, 2.24) is 15.5 Å². The van der Waals surface area contributed by atoms with E-state index >= 15 is 0 Å². The second kappa shape index (κ2) is 10.2. The largest absolute Gasteiger partial charge is 0.349 e. The molecule has 0 saturated carbocycles. The van der Waals surface area contributed by atoms with Gasteiger partial charge in [0.25, 0.3) is 5.91 Å². The summed E-state index contributed by atoms with van der Waals surface area (Å²) in [6.07, 6.45) is 2.30. The van der Waals surface area contributed by atoms with Crippen molar-refractivity contribution in [1.29, 1.82) is 0 Å². The predicted octanol–water partition coefficient (Wildman–Crippen LogP) is 0.609. The lowest BCUT2D eigenvalue weighted by molar-refractivity contribution is -0.136. The van der Waals surface area contributed by atoms with Gasteiger partial charge in [-0.2, -0.15) is 0 Å². The summed E-state index contributed by atoms with van der Waals surface area (Å²) in [4.78, 5) is 37.8. The molecule has 0 aromatic heterocycles.